The van der Waals surface area contributed by atoms with Gasteiger partial charge < -0.3 is 4.74 Å². The maximum absolute atomic E-state index is 5.73. The van der Waals surface area contributed by atoms with Crippen molar-refractivity contribution in [1.82, 2.24) is 0 Å². The summed E-state index contributed by atoms with van der Waals surface area (Å²) in [5.41, 5.74) is 5.25. The van der Waals surface area contributed by atoms with Crippen molar-refractivity contribution in [2.24, 2.45) is 0 Å². The Morgan fingerprint density at radius 2 is 2.07 bits per heavy atom. The van der Waals surface area contributed by atoms with E-state index in [9.17, 15) is 0 Å². The van der Waals surface area contributed by atoms with E-state index in [1.54, 1.807) is 0 Å². The molecule has 0 aliphatic heterocycles. The molecule has 1 heteroatoms. The van der Waals surface area contributed by atoms with E-state index in [1.165, 1.54) is 22.3 Å². The molecule has 0 heterocycles. The quantitative estimate of drug-likeness (QED) is 0.690. The predicted octanol–water partition coefficient (Wildman–Crippen LogP) is 3.49. The molecule has 0 amide bonds. The van der Waals surface area contributed by atoms with Crippen LogP contribution >= 0.6 is 0 Å². The first-order valence-corrected chi connectivity index (χ1v) is 5.12. The maximum Gasteiger partial charge on any atom is 0.104 e. The summed E-state index contributed by atoms with van der Waals surface area (Å²) in [5.74, 6) is 0. The van der Waals surface area contributed by atoms with Crippen LogP contribution in [0.2, 0.25) is 0 Å². The minimum Gasteiger partial charge on any atom is -0.369 e. The Kier molecular flexibility index (Phi) is 2.42. The topological polar surface area (TPSA) is 9.23 Å². The molecule has 1 unspecified atom stereocenters. The highest BCUT2D eigenvalue weighted by atomic mass is 16.5. The zero-order valence-corrected chi connectivity index (χ0v) is 9.00. The zero-order valence-electron chi connectivity index (χ0n) is 9.00. The molecule has 1 aliphatic carbocycles. The summed E-state index contributed by atoms with van der Waals surface area (Å²) in [6, 6.07) is 6.55. The highest BCUT2D eigenvalue weighted by Crippen LogP contribution is 2.36. The number of hydrogen-bond acceptors (Lipinski definition) is 1. The molecule has 2 rings (SSSR count). The van der Waals surface area contributed by atoms with E-state index in [2.05, 4.69) is 38.1 Å². The summed E-state index contributed by atoms with van der Waals surface area (Å²) in [4.78, 5) is 0. The molecule has 0 fully saturated rings. The molecule has 0 spiro atoms. The molecule has 1 aliphatic rings. The average Bonchev–Trinajstić information content (AvgIpc) is 2.45. The molecule has 1 aromatic rings. The molecule has 1 nitrogen and oxygen atoms in total. The smallest absolute Gasteiger partial charge is 0.104 e. The van der Waals surface area contributed by atoms with E-state index in [-0.39, 0.29) is 6.10 Å². The van der Waals surface area contributed by atoms with Gasteiger partial charge in [0.15, 0.2) is 0 Å². The van der Waals surface area contributed by atoms with Crippen molar-refractivity contribution in [3.05, 3.63) is 40.5 Å². The molecule has 74 valence electrons. The van der Waals surface area contributed by atoms with Gasteiger partial charge in [0.2, 0.25) is 0 Å². The van der Waals surface area contributed by atoms with E-state index in [4.69, 9.17) is 4.74 Å². The van der Waals surface area contributed by atoms with Gasteiger partial charge in [-0.25, -0.2) is 0 Å². The Labute approximate surface area is 85.4 Å². The molecular weight excluding hydrogens is 172 g/mol. The van der Waals surface area contributed by atoms with Crippen molar-refractivity contribution < 1.29 is 4.74 Å². The molecule has 0 N–H and O–H groups in total. The first-order chi connectivity index (χ1) is 6.72. The van der Waals surface area contributed by atoms with Gasteiger partial charge in [0.25, 0.3) is 0 Å². The van der Waals surface area contributed by atoms with Crippen molar-refractivity contribution >= 4 is 6.08 Å². The van der Waals surface area contributed by atoms with Crippen LogP contribution in [0, 0.1) is 6.92 Å². The first-order valence-electron chi connectivity index (χ1n) is 5.12. The van der Waals surface area contributed by atoms with Gasteiger partial charge in [0.05, 0.1) is 0 Å². The van der Waals surface area contributed by atoms with Crippen molar-refractivity contribution in [1.29, 1.82) is 0 Å². The lowest BCUT2D eigenvalue weighted by molar-refractivity contribution is 0.0910. The standard InChI is InChI=1S/C13H16O/c1-4-14-13-10(3)8-11-6-5-9(2)7-12(11)13/h5-8,13H,4H2,1-3H3. The van der Waals surface area contributed by atoms with Crippen LogP contribution in [0.25, 0.3) is 6.08 Å². The third-order valence-electron chi connectivity index (χ3n) is 2.65. The molecule has 1 atom stereocenters. The van der Waals surface area contributed by atoms with Crippen LogP contribution in [-0.2, 0) is 4.74 Å². The molecule has 0 saturated heterocycles. The molecular formula is C13H16O. The Balaban J connectivity index is 2.40. The van der Waals surface area contributed by atoms with Gasteiger partial charge in [0, 0.05) is 6.61 Å². The fourth-order valence-electron chi connectivity index (χ4n) is 2.01. The second kappa shape index (κ2) is 3.58. The number of ether oxygens (including phenoxy) is 1. The van der Waals surface area contributed by atoms with Crippen LogP contribution in [0.5, 0.6) is 0 Å². The molecule has 0 saturated carbocycles. The van der Waals surface area contributed by atoms with Crippen molar-refractivity contribution in [3.8, 4) is 0 Å². The van der Waals surface area contributed by atoms with E-state index < -0.39 is 0 Å². The Morgan fingerprint density at radius 1 is 1.29 bits per heavy atom. The third kappa shape index (κ3) is 1.48. The summed E-state index contributed by atoms with van der Waals surface area (Å²) >= 11 is 0. The number of aryl methyl sites for hydroxylation is 1. The first kappa shape index (κ1) is 9.47. The van der Waals surface area contributed by atoms with Gasteiger partial charge >= 0.3 is 0 Å². The lowest BCUT2D eigenvalue weighted by atomic mass is 10.0. The average molecular weight is 188 g/mol. The Bertz CT molecular complexity index is 377. The molecule has 1 aromatic carbocycles. The van der Waals surface area contributed by atoms with Crippen molar-refractivity contribution in [2.75, 3.05) is 6.61 Å². The normalized spacial score (nSPS) is 19.4. The van der Waals surface area contributed by atoms with Gasteiger partial charge in [-0.3, -0.25) is 0 Å². The number of fused-ring (bicyclic) bond motifs is 1. The van der Waals surface area contributed by atoms with E-state index in [0.717, 1.165) is 6.61 Å². The van der Waals surface area contributed by atoms with E-state index in [0.29, 0.717) is 0 Å². The van der Waals surface area contributed by atoms with Gasteiger partial charge in [-0.2, -0.15) is 0 Å². The summed E-state index contributed by atoms with van der Waals surface area (Å²) in [6.45, 7) is 7.07. The number of rotatable bonds is 2. The van der Waals surface area contributed by atoms with Crippen LogP contribution in [0.4, 0.5) is 0 Å². The van der Waals surface area contributed by atoms with Gasteiger partial charge in [-0.15, -0.1) is 0 Å². The SMILES string of the molecule is CCOC1C(C)=Cc2ccc(C)cc21. The molecule has 0 aromatic heterocycles. The van der Waals surface area contributed by atoms with Crippen LogP contribution in [0.1, 0.15) is 36.6 Å². The fraction of sp³-hybridized carbons (Fsp3) is 0.385. The minimum atomic E-state index is 0.190. The Hall–Kier alpha value is -1.08. The van der Waals surface area contributed by atoms with Crippen LogP contribution in [0.15, 0.2) is 23.8 Å². The van der Waals surface area contributed by atoms with Crippen molar-refractivity contribution in [2.45, 2.75) is 26.9 Å². The highest BCUT2D eigenvalue weighted by Gasteiger charge is 2.22. The molecule has 0 bridgehead atoms. The molecule has 0 radical (unpaired) electrons. The predicted molar refractivity (Wildman–Crippen MR) is 59.2 cm³/mol. The minimum absolute atomic E-state index is 0.190. The lowest BCUT2D eigenvalue weighted by Crippen LogP contribution is -2.02. The summed E-state index contributed by atoms with van der Waals surface area (Å²) < 4.78 is 5.73. The second-order valence-electron chi connectivity index (χ2n) is 3.86. The lowest BCUT2D eigenvalue weighted by Gasteiger charge is -2.14. The summed E-state index contributed by atoms with van der Waals surface area (Å²) in [5, 5.41) is 0. The van der Waals surface area contributed by atoms with Crippen LogP contribution < -0.4 is 0 Å². The monoisotopic (exact) mass is 188 g/mol. The third-order valence-corrected chi connectivity index (χ3v) is 2.65. The highest BCUT2D eigenvalue weighted by molar-refractivity contribution is 5.65. The largest absolute Gasteiger partial charge is 0.369 e. The van der Waals surface area contributed by atoms with Gasteiger partial charge in [0.1, 0.15) is 6.10 Å². The van der Waals surface area contributed by atoms with Crippen molar-refractivity contribution in [3.63, 3.8) is 0 Å². The summed E-state index contributed by atoms with van der Waals surface area (Å²) in [7, 11) is 0. The van der Waals surface area contributed by atoms with Gasteiger partial charge in [-0.1, -0.05) is 29.8 Å². The van der Waals surface area contributed by atoms with Crippen LogP contribution in [-0.4, -0.2) is 6.61 Å². The zero-order chi connectivity index (χ0) is 10.1. The number of hydrogen-bond donors (Lipinski definition) is 0. The molecule has 14 heavy (non-hydrogen) atoms. The van der Waals surface area contributed by atoms with Crippen LogP contribution in [0.3, 0.4) is 0 Å². The maximum atomic E-state index is 5.73. The summed E-state index contributed by atoms with van der Waals surface area (Å²) in [6.07, 6.45) is 2.41. The van der Waals surface area contributed by atoms with E-state index in [1.807, 2.05) is 6.92 Å². The second-order valence-corrected chi connectivity index (χ2v) is 3.86. The number of benzene rings is 1. The van der Waals surface area contributed by atoms with E-state index >= 15 is 0 Å². The fourth-order valence-corrected chi connectivity index (χ4v) is 2.01. The Morgan fingerprint density at radius 3 is 2.79 bits per heavy atom. The van der Waals surface area contributed by atoms with Gasteiger partial charge in [-0.05, 0) is 37.5 Å².